The standard InChI is InChI=1S/C88H153NO8/c1-6-8-10-12-14-16-18-20-22-24-26-28-30-32-34-36-38-39-40-41-42-43-44-45-46-47-49-51-53-55-57-59-61-63-65-67-69-71-73-75-77-79-86(91)97-84(83-96-88(87(92)93)94-81-80-89(3,4)5)82-95-85(90)78-76-74-72-70-68-66-64-62-60-58-56-54-52-50-48-37-35-33-31-29-27-25-23-21-19-17-15-13-11-9-7-2/h8-11,14-17,20-23,26-29,32,34,38-39,84,88H,6-7,12-13,18-19,24-25,30-31,33,35-37,40-83H2,1-5H3/p+1/b10-8-,11-9-,16-14-,17-15-,22-20-,23-21-,28-26-,29-27-,34-32-,39-38-. The average molecular weight is 1350 g/mol. The summed E-state index contributed by atoms with van der Waals surface area (Å²) in [5, 5.41) is 9.78. The third-order valence-corrected chi connectivity index (χ3v) is 17.7. The van der Waals surface area contributed by atoms with Crippen molar-refractivity contribution in [2.24, 2.45) is 0 Å². The molecular formula is C88H154NO8+. The maximum Gasteiger partial charge on any atom is 0.361 e. The molecule has 0 aliphatic carbocycles. The van der Waals surface area contributed by atoms with Crippen LogP contribution >= 0.6 is 0 Å². The third kappa shape index (κ3) is 78.9. The molecule has 0 saturated heterocycles. The highest BCUT2D eigenvalue weighted by Crippen LogP contribution is 2.19. The highest BCUT2D eigenvalue weighted by Gasteiger charge is 2.25. The van der Waals surface area contributed by atoms with Crippen molar-refractivity contribution in [3.05, 3.63) is 122 Å². The van der Waals surface area contributed by atoms with Gasteiger partial charge < -0.3 is 28.5 Å². The smallest absolute Gasteiger partial charge is 0.361 e. The topological polar surface area (TPSA) is 108 Å². The number of esters is 2. The Morgan fingerprint density at radius 2 is 0.557 bits per heavy atom. The lowest BCUT2D eigenvalue weighted by Crippen LogP contribution is -2.40. The van der Waals surface area contributed by atoms with E-state index in [1.807, 2.05) is 21.1 Å². The molecule has 0 aromatic heterocycles. The number of hydrogen-bond acceptors (Lipinski definition) is 7. The molecule has 0 fully saturated rings. The van der Waals surface area contributed by atoms with Crippen LogP contribution in [0.4, 0.5) is 0 Å². The Hall–Kier alpha value is -4.31. The summed E-state index contributed by atoms with van der Waals surface area (Å²) in [6, 6.07) is 0. The second-order valence-corrected chi connectivity index (χ2v) is 28.3. The van der Waals surface area contributed by atoms with Gasteiger partial charge in [-0.25, -0.2) is 4.79 Å². The number of aliphatic carboxylic acids is 1. The van der Waals surface area contributed by atoms with E-state index in [2.05, 4.69) is 135 Å². The molecule has 0 bridgehead atoms. The van der Waals surface area contributed by atoms with Crippen LogP contribution in [0.2, 0.25) is 0 Å². The number of ether oxygens (including phenoxy) is 4. The minimum Gasteiger partial charge on any atom is -0.477 e. The SMILES string of the molecule is CC/C=C\C/C=C\C/C=C\C/C=C\C/C=C\C/C=C\CCCCCCCCCCCCCCCCCCCCCCCCC(=O)OC(COC(=O)CCCCCCCCCCCCCCCCCCCC/C=C\C/C=C\C/C=C\C/C=C\CC)COC(OCC[N+](C)(C)C)C(=O)O. The molecule has 0 heterocycles. The molecule has 0 amide bonds. The Labute approximate surface area is 599 Å². The van der Waals surface area contributed by atoms with E-state index in [1.165, 1.54) is 231 Å². The van der Waals surface area contributed by atoms with Crippen LogP contribution < -0.4 is 0 Å². The van der Waals surface area contributed by atoms with Gasteiger partial charge in [0.25, 0.3) is 6.29 Å². The van der Waals surface area contributed by atoms with Gasteiger partial charge in [-0.2, -0.15) is 0 Å². The molecular weight excluding hydrogens is 1200 g/mol. The van der Waals surface area contributed by atoms with Crippen LogP contribution in [0, 0.1) is 0 Å². The van der Waals surface area contributed by atoms with E-state index in [0.717, 1.165) is 103 Å². The molecule has 0 radical (unpaired) electrons. The van der Waals surface area contributed by atoms with E-state index >= 15 is 0 Å². The van der Waals surface area contributed by atoms with Crippen molar-refractivity contribution in [3.63, 3.8) is 0 Å². The fraction of sp³-hybridized carbons (Fsp3) is 0.739. The summed E-state index contributed by atoms with van der Waals surface area (Å²) >= 11 is 0. The Morgan fingerprint density at radius 1 is 0.309 bits per heavy atom. The zero-order valence-electron chi connectivity index (χ0n) is 64.0. The molecule has 0 saturated carbocycles. The second-order valence-electron chi connectivity index (χ2n) is 28.3. The number of carboxylic acids is 1. The van der Waals surface area contributed by atoms with E-state index < -0.39 is 18.4 Å². The predicted molar refractivity (Wildman–Crippen MR) is 419 cm³/mol. The number of carbonyl (C=O) groups excluding carboxylic acids is 2. The Morgan fingerprint density at radius 3 is 0.825 bits per heavy atom. The Bertz CT molecular complexity index is 2020. The van der Waals surface area contributed by atoms with Gasteiger partial charge in [0.2, 0.25) is 0 Å². The van der Waals surface area contributed by atoms with Crippen LogP contribution in [-0.4, -0.2) is 87.4 Å². The number of hydrogen-bond donors (Lipinski definition) is 1. The summed E-state index contributed by atoms with van der Waals surface area (Å²) in [4.78, 5) is 37.8. The van der Waals surface area contributed by atoms with Crippen LogP contribution in [0.15, 0.2) is 122 Å². The molecule has 2 unspecified atom stereocenters. The lowest BCUT2D eigenvalue weighted by atomic mass is 10.0. The van der Waals surface area contributed by atoms with Gasteiger partial charge in [-0.05, 0) is 103 Å². The number of quaternary nitrogens is 1. The number of carboxylic acid groups (broad SMARTS) is 1. The van der Waals surface area contributed by atoms with Crippen LogP contribution in [0.1, 0.15) is 361 Å². The number of allylic oxidation sites excluding steroid dienone is 20. The highest BCUT2D eigenvalue weighted by atomic mass is 16.7. The van der Waals surface area contributed by atoms with Crippen LogP contribution in [0.5, 0.6) is 0 Å². The molecule has 97 heavy (non-hydrogen) atoms. The number of nitrogens with zero attached hydrogens (tertiary/aromatic N) is 1. The quantitative estimate of drug-likeness (QED) is 0.0211. The van der Waals surface area contributed by atoms with Gasteiger partial charge in [0, 0.05) is 12.8 Å². The molecule has 1 N–H and O–H groups in total. The second kappa shape index (κ2) is 77.4. The van der Waals surface area contributed by atoms with Crippen molar-refractivity contribution >= 4 is 17.9 Å². The monoisotopic (exact) mass is 1350 g/mol. The fourth-order valence-corrected chi connectivity index (χ4v) is 11.6. The van der Waals surface area contributed by atoms with E-state index in [9.17, 15) is 19.5 Å². The average Bonchev–Trinajstić information content (AvgIpc) is 3.27. The van der Waals surface area contributed by atoms with Crippen LogP contribution in [0.3, 0.4) is 0 Å². The zero-order valence-corrected chi connectivity index (χ0v) is 64.0. The van der Waals surface area contributed by atoms with Gasteiger partial charge in [0.15, 0.2) is 6.10 Å². The lowest BCUT2D eigenvalue weighted by Gasteiger charge is -2.25. The maximum absolute atomic E-state index is 13.0. The molecule has 0 aromatic carbocycles. The van der Waals surface area contributed by atoms with Crippen molar-refractivity contribution in [3.8, 4) is 0 Å². The van der Waals surface area contributed by atoms with Gasteiger partial charge >= 0.3 is 17.9 Å². The number of unbranched alkanes of at least 4 members (excludes halogenated alkanes) is 40. The first-order valence-corrected chi connectivity index (χ1v) is 40.7. The van der Waals surface area contributed by atoms with Crippen molar-refractivity contribution in [2.45, 2.75) is 373 Å². The van der Waals surface area contributed by atoms with E-state index in [-0.39, 0.29) is 38.2 Å². The van der Waals surface area contributed by atoms with E-state index in [0.29, 0.717) is 17.4 Å². The minimum absolute atomic E-state index is 0.181. The molecule has 2 atom stereocenters. The minimum atomic E-state index is -1.51. The first-order chi connectivity index (χ1) is 47.6. The third-order valence-electron chi connectivity index (χ3n) is 17.7. The van der Waals surface area contributed by atoms with Crippen molar-refractivity contribution in [2.75, 3.05) is 47.5 Å². The van der Waals surface area contributed by atoms with Crippen LogP contribution in [0.25, 0.3) is 0 Å². The largest absolute Gasteiger partial charge is 0.477 e. The summed E-state index contributed by atoms with van der Waals surface area (Å²) in [5.74, 6) is -1.99. The Kier molecular flexibility index (Phi) is 74.0. The van der Waals surface area contributed by atoms with Gasteiger partial charge in [-0.3, -0.25) is 9.59 Å². The summed E-state index contributed by atoms with van der Waals surface area (Å²) in [7, 11) is 5.99. The molecule has 0 aliphatic rings. The summed E-state index contributed by atoms with van der Waals surface area (Å²) in [6.45, 7) is 4.69. The highest BCUT2D eigenvalue weighted by molar-refractivity contribution is 5.71. The van der Waals surface area contributed by atoms with Gasteiger partial charge in [-0.15, -0.1) is 0 Å². The molecule has 9 nitrogen and oxygen atoms in total. The summed E-state index contributed by atoms with van der Waals surface area (Å²) in [6.07, 6.45) is 108. The molecule has 9 heteroatoms. The maximum atomic E-state index is 13.0. The normalized spacial score (nSPS) is 13.3. The zero-order chi connectivity index (χ0) is 70.4. The van der Waals surface area contributed by atoms with Gasteiger partial charge in [0.1, 0.15) is 13.2 Å². The van der Waals surface area contributed by atoms with Crippen molar-refractivity contribution in [1.29, 1.82) is 0 Å². The molecule has 0 spiro atoms. The fourth-order valence-electron chi connectivity index (χ4n) is 11.6. The molecule has 0 aromatic rings. The molecule has 0 rings (SSSR count). The van der Waals surface area contributed by atoms with Crippen molar-refractivity contribution < 1.29 is 42.9 Å². The number of rotatable bonds is 75. The summed E-state index contributed by atoms with van der Waals surface area (Å²) in [5.41, 5.74) is 0. The lowest BCUT2D eigenvalue weighted by molar-refractivity contribution is -0.870. The number of likely N-dealkylation sites (N-methyl/N-ethyl adjacent to an activating group) is 1. The Balaban J connectivity index is 3.98. The van der Waals surface area contributed by atoms with E-state index in [1.54, 1.807) is 0 Å². The molecule has 0 aliphatic heterocycles. The van der Waals surface area contributed by atoms with E-state index in [4.69, 9.17) is 18.9 Å². The predicted octanol–water partition coefficient (Wildman–Crippen LogP) is 26.3. The molecule has 558 valence electrons. The first-order valence-electron chi connectivity index (χ1n) is 40.7. The first kappa shape index (κ1) is 92.7. The summed E-state index contributed by atoms with van der Waals surface area (Å²) < 4.78 is 23.1. The van der Waals surface area contributed by atoms with Gasteiger partial charge in [-0.1, -0.05) is 367 Å². The van der Waals surface area contributed by atoms with Crippen molar-refractivity contribution in [1.82, 2.24) is 0 Å². The van der Waals surface area contributed by atoms with Crippen LogP contribution in [-0.2, 0) is 33.3 Å². The van der Waals surface area contributed by atoms with Gasteiger partial charge in [0.05, 0.1) is 34.4 Å². The number of carbonyl (C=O) groups is 3.